The van der Waals surface area contributed by atoms with Gasteiger partial charge in [0.1, 0.15) is 12.4 Å². The van der Waals surface area contributed by atoms with Crippen molar-refractivity contribution >= 4 is 0 Å². The van der Waals surface area contributed by atoms with Crippen molar-refractivity contribution in [2.75, 3.05) is 13.2 Å². The molecule has 0 saturated heterocycles. The number of ether oxygens (including phenoxy) is 2. The van der Waals surface area contributed by atoms with Crippen LogP contribution in [0.5, 0.6) is 5.75 Å². The predicted octanol–water partition coefficient (Wildman–Crippen LogP) is 6.74. The standard InChI is InChI=1S/C29H34O2/c1-3-19-31-28-16-9-23(10-17-28)6-5-22-7-11-24(12-8-22)25-13-14-27-21-29(30-4-2)18-15-26(27)20-25/h3,7-12,16-17,25-27,29H,1,4,13-15,18-21H2,2H3. The Hall–Kier alpha value is -2.50. The number of hydrogen-bond donors (Lipinski definition) is 0. The van der Waals surface area contributed by atoms with E-state index in [4.69, 9.17) is 9.47 Å². The van der Waals surface area contributed by atoms with E-state index >= 15 is 0 Å². The summed E-state index contributed by atoms with van der Waals surface area (Å²) in [5.41, 5.74) is 3.55. The summed E-state index contributed by atoms with van der Waals surface area (Å²) in [7, 11) is 0. The van der Waals surface area contributed by atoms with Crippen LogP contribution in [0.3, 0.4) is 0 Å². The van der Waals surface area contributed by atoms with Gasteiger partial charge in [-0.05, 0) is 105 Å². The molecule has 0 aromatic heterocycles. The summed E-state index contributed by atoms with van der Waals surface area (Å²) < 4.78 is 11.4. The quantitative estimate of drug-likeness (QED) is 0.385. The maximum atomic E-state index is 5.91. The molecule has 4 rings (SSSR count). The van der Waals surface area contributed by atoms with Gasteiger partial charge in [-0.3, -0.25) is 0 Å². The zero-order valence-electron chi connectivity index (χ0n) is 18.7. The SMILES string of the molecule is C=CCOc1ccc(C#Cc2ccc(C3CCC4CC(OCC)CCC4C3)cc2)cc1. The Morgan fingerprint density at radius 1 is 0.871 bits per heavy atom. The minimum atomic E-state index is 0.511. The molecule has 0 spiro atoms. The minimum Gasteiger partial charge on any atom is -0.490 e. The molecular weight excluding hydrogens is 380 g/mol. The van der Waals surface area contributed by atoms with Crippen LogP contribution in [0.4, 0.5) is 0 Å². The molecule has 4 atom stereocenters. The van der Waals surface area contributed by atoms with Crippen LogP contribution in [-0.2, 0) is 4.74 Å². The molecule has 4 unspecified atom stereocenters. The van der Waals surface area contributed by atoms with Crippen molar-refractivity contribution in [2.24, 2.45) is 11.8 Å². The number of hydrogen-bond acceptors (Lipinski definition) is 2. The summed E-state index contributed by atoms with van der Waals surface area (Å²) in [4.78, 5) is 0. The summed E-state index contributed by atoms with van der Waals surface area (Å²) >= 11 is 0. The highest BCUT2D eigenvalue weighted by molar-refractivity contribution is 5.45. The van der Waals surface area contributed by atoms with E-state index in [1.807, 2.05) is 24.3 Å². The van der Waals surface area contributed by atoms with Gasteiger partial charge in [0.05, 0.1) is 6.10 Å². The molecule has 0 radical (unpaired) electrons. The number of benzene rings is 2. The van der Waals surface area contributed by atoms with Crippen molar-refractivity contribution in [3.63, 3.8) is 0 Å². The van der Waals surface area contributed by atoms with Crippen LogP contribution in [0.2, 0.25) is 0 Å². The second kappa shape index (κ2) is 10.7. The van der Waals surface area contributed by atoms with Crippen LogP contribution in [-0.4, -0.2) is 19.3 Å². The third kappa shape index (κ3) is 5.81. The molecule has 2 fully saturated rings. The van der Waals surface area contributed by atoms with E-state index in [1.165, 1.54) is 44.1 Å². The Balaban J connectivity index is 1.33. The maximum absolute atomic E-state index is 5.91. The van der Waals surface area contributed by atoms with E-state index in [-0.39, 0.29) is 0 Å². The van der Waals surface area contributed by atoms with Crippen molar-refractivity contribution in [3.05, 3.63) is 77.9 Å². The van der Waals surface area contributed by atoms with Crippen LogP contribution in [0, 0.1) is 23.7 Å². The third-order valence-electron chi connectivity index (χ3n) is 6.92. The van der Waals surface area contributed by atoms with Gasteiger partial charge in [0.15, 0.2) is 0 Å². The first-order chi connectivity index (χ1) is 15.2. The number of rotatable bonds is 6. The normalized spacial score (nSPS) is 25.1. The third-order valence-corrected chi connectivity index (χ3v) is 6.92. The van der Waals surface area contributed by atoms with Crippen molar-refractivity contribution in [1.82, 2.24) is 0 Å². The van der Waals surface area contributed by atoms with Gasteiger partial charge in [0.2, 0.25) is 0 Å². The van der Waals surface area contributed by atoms with Crippen molar-refractivity contribution < 1.29 is 9.47 Å². The lowest BCUT2D eigenvalue weighted by atomic mass is 9.65. The van der Waals surface area contributed by atoms with E-state index in [9.17, 15) is 0 Å². The topological polar surface area (TPSA) is 18.5 Å². The summed E-state index contributed by atoms with van der Waals surface area (Å²) in [6.07, 6.45) is 10.1. The highest BCUT2D eigenvalue weighted by Gasteiger charge is 2.36. The average molecular weight is 415 g/mol. The molecule has 2 saturated carbocycles. The highest BCUT2D eigenvalue weighted by atomic mass is 16.5. The lowest BCUT2D eigenvalue weighted by molar-refractivity contribution is -0.00955. The van der Waals surface area contributed by atoms with Gasteiger partial charge < -0.3 is 9.47 Å². The van der Waals surface area contributed by atoms with E-state index < -0.39 is 0 Å². The van der Waals surface area contributed by atoms with E-state index in [0.717, 1.165) is 35.3 Å². The van der Waals surface area contributed by atoms with Crippen LogP contribution in [0.15, 0.2) is 61.2 Å². The molecule has 0 heterocycles. The van der Waals surface area contributed by atoms with Crippen LogP contribution in [0.25, 0.3) is 0 Å². The smallest absolute Gasteiger partial charge is 0.119 e. The Morgan fingerprint density at radius 2 is 1.52 bits per heavy atom. The lowest BCUT2D eigenvalue weighted by Gasteiger charge is -2.42. The fourth-order valence-electron chi connectivity index (χ4n) is 5.31. The van der Waals surface area contributed by atoms with Crippen LogP contribution >= 0.6 is 0 Å². The molecule has 2 aromatic carbocycles. The second-order valence-electron chi connectivity index (χ2n) is 8.92. The molecule has 2 heteroatoms. The first-order valence-electron chi connectivity index (χ1n) is 11.8. The molecule has 162 valence electrons. The van der Waals surface area contributed by atoms with Gasteiger partial charge >= 0.3 is 0 Å². The Labute approximate surface area is 187 Å². The lowest BCUT2D eigenvalue weighted by Crippen LogP contribution is -2.33. The first-order valence-corrected chi connectivity index (χ1v) is 11.8. The molecule has 31 heavy (non-hydrogen) atoms. The Morgan fingerprint density at radius 3 is 2.19 bits per heavy atom. The zero-order valence-corrected chi connectivity index (χ0v) is 18.7. The van der Waals surface area contributed by atoms with Crippen LogP contribution < -0.4 is 4.74 Å². The first kappa shape index (κ1) is 21.7. The summed E-state index contributed by atoms with van der Waals surface area (Å²) in [6.45, 7) is 7.16. The minimum absolute atomic E-state index is 0.511. The molecule has 0 aliphatic heterocycles. The molecule has 2 aliphatic carbocycles. The van der Waals surface area contributed by atoms with Crippen molar-refractivity contribution in [2.45, 2.75) is 57.5 Å². The summed E-state index contributed by atoms with van der Waals surface area (Å²) in [6, 6.07) is 16.9. The monoisotopic (exact) mass is 414 g/mol. The van der Waals surface area contributed by atoms with Gasteiger partial charge in [-0.15, -0.1) is 0 Å². The second-order valence-corrected chi connectivity index (χ2v) is 8.92. The van der Waals surface area contributed by atoms with Gasteiger partial charge in [0, 0.05) is 17.7 Å². The fraction of sp³-hybridized carbons (Fsp3) is 0.448. The van der Waals surface area contributed by atoms with E-state index in [2.05, 4.69) is 49.6 Å². The predicted molar refractivity (Wildman–Crippen MR) is 127 cm³/mol. The van der Waals surface area contributed by atoms with Gasteiger partial charge in [-0.2, -0.15) is 0 Å². The fourth-order valence-corrected chi connectivity index (χ4v) is 5.31. The van der Waals surface area contributed by atoms with Crippen molar-refractivity contribution in [3.8, 4) is 17.6 Å². The molecule has 2 aliphatic rings. The molecular formula is C29H34O2. The maximum Gasteiger partial charge on any atom is 0.119 e. The number of fused-ring (bicyclic) bond motifs is 1. The zero-order chi connectivity index (χ0) is 21.5. The van der Waals surface area contributed by atoms with E-state index in [1.54, 1.807) is 6.08 Å². The molecule has 0 bridgehead atoms. The molecule has 0 N–H and O–H groups in total. The van der Waals surface area contributed by atoms with Gasteiger partial charge in [-0.25, -0.2) is 0 Å². The Bertz CT molecular complexity index is 900. The van der Waals surface area contributed by atoms with Gasteiger partial charge in [-0.1, -0.05) is 36.6 Å². The molecule has 2 aromatic rings. The molecule has 0 amide bonds. The van der Waals surface area contributed by atoms with Crippen LogP contribution in [0.1, 0.15) is 68.1 Å². The van der Waals surface area contributed by atoms with E-state index in [0.29, 0.717) is 18.6 Å². The Kier molecular flexibility index (Phi) is 7.49. The largest absolute Gasteiger partial charge is 0.490 e. The van der Waals surface area contributed by atoms with Crippen molar-refractivity contribution in [1.29, 1.82) is 0 Å². The highest BCUT2D eigenvalue weighted by Crippen LogP contribution is 2.46. The average Bonchev–Trinajstić information content (AvgIpc) is 2.82. The summed E-state index contributed by atoms with van der Waals surface area (Å²) in [5, 5.41) is 0. The summed E-state index contributed by atoms with van der Waals surface area (Å²) in [5.74, 6) is 9.86. The van der Waals surface area contributed by atoms with Gasteiger partial charge in [0.25, 0.3) is 0 Å². The molecule has 2 nitrogen and oxygen atoms in total.